The van der Waals surface area contributed by atoms with E-state index in [0.717, 1.165) is 5.56 Å². The van der Waals surface area contributed by atoms with Crippen LogP contribution in [0.25, 0.3) is 0 Å². The maximum Gasteiger partial charge on any atom is 0.251 e. The molecule has 0 spiro atoms. The third-order valence-electron chi connectivity index (χ3n) is 3.18. The van der Waals surface area contributed by atoms with Crippen molar-refractivity contribution in [2.45, 2.75) is 26.6 Å². The molecule has 2 rings (SSSR count). The molecular formula is C18H22N2O4. The zero-order valence-electron chi connectivity index (χ0n) is 13.9. The first-order valence-electron chi connectivity index (χ1n) is 7.85. The second kappa shape index (κ2) is 8.88. The largest absolute Gasteiger partial charge is 0.490 e. The third-order valence-corrected chi connectivity index (χ3v) is 3.18. The van der Waals surface area contributed by atoms with Crippen LogP contribution in [0.2, 0.25) is 0 Å². The smallest absolute Gasteiger partial charge is 0.251 e. The highest BCUT2D eigenvalue weighted by Crippen LogP contribution is 2.29. The predicted octanol–water partition coefficient (Wildman–Crippen LogP) is 2.17. The van der Waals surface area contributed by atoms with E-state index < -0.39 is 6.10 Å². The van der Waals surface area contributed by atoms with E-state index >= 15 is 0 Å². The quantitative estimate of drug-likeness (QED) is 0.775. The third kappa shape index (κ3) is 5.24. The zero-order valence-corrected chi connectivity index (χ0v) is 13.9. The fourth-order valence-corrected chi connectivity index (χ4v) is 2.02. The summed E-state index contributed by atoms with van der Waals surface area (Å²) in [6.07, 6.45) is 2.84. The number of amides is 1. The average molecular weight is 330 g/mol. The maximum atomic E-state index is 12.1. The number of ether oxygens (including phenoxy) is 2. The Balaban J connectivity index is 2.09. The van der Waals surface area contributed by atoms with Crippen LogP contribution in [-0.2, 0) is 6.61 Å². The van der Waals surface area contributed by atoms with Gasteiger partial charge in [-0.1, -0.05) is 6.07 Å². The lowest BCUT2D eigenvalue weighted by Crippen LogP contribution is -2.30. The van der Waals surface area contributed by atoms with Gasteiger partial charge in [0.25, 0.3) is 5.91 Å². The summed E-state index contributed by atoms with van der Waals surface area (Å²) < 4.78 is 11.3. The molecule has 24 heavy (non-hydrogen) atoms. The number of carbonyl (C=O) groups is 1. The normalized spacial score (nSPS) is 11.6. The Labute approximate surface area is 141 Å². The lowest BCUT2D eigenvalue weighted by atomic mass is 10.2. The summed E-state index contributed by atoms with van der Waals surface area (Å²) in [6.45, 7) is 4.50. The van der Waals surface area contributed by atoms with Gasteiger partial charge in [0, 0.05) is 30.1 Å². The molecule has 0 saturated carbocycles. The molecule has 0 aliphatic rings. The van der Waals surface area contributed by atoms with Crippen molar-refractivity contribution in [3.8, 4) is 11.5 Å². The van der Waals surface area contributed by atoms with E-state index in [1.165, 1.54) is 0 Å². The van der Waals surface area contributed by atoms with Gasteiger partial charge in [0.1, 0.15) is 6.61 Å². The molecule has 0 radical (unpaired) electrons. The van der Waals surface area contributed by atoms with Crippen molar-refractivity contribution in [2.24, 2.45) is 0 Å². The van der Waals surface area contributed by atoms with Gasteiger partial charge in [0.2, 0.25) is 0 Å². The molecule has 1 aromatic carbocycles. The summed E-state index contributed by atoms with van der Waals surface area (Å²) >= 11 is 0. The Kier molecular flexibility index (Phi) is 6.57. The van der Waals surface area contributed by atoms with Gasteiger partial charge >= 0.3 is 0 Å². The fraction of sp³-hybridized carbons (Fsp3) is 0.333. The number of benzene rings is 1. The van der Waals surface area contributed by atoms with Crippen molar-refractivity contribution >= 4 is 5.91 Å². The number of aromatic nitrogens is 1. The summed E-state index contributed by atoms with van der Waals surface area (Å²) in [5, 5.41) is 11.9. The molecule has 1 aromatic heterocycles. The van der Waals surface area contributed by atoms with E-state index in [-0.39, 0.29) is 12.5 Å². The molecule has 0 aliphatic carbocycles. The number of pyridine rings is 1. The summed E-state index contributed by atoms with van der Waals surface area (Å²) in [5.41, 5.74) is 1.39. The molecule has 2 aromatic rings. The number of aliphatic hydroxyl groups is 1. The Morgan fingerprint density at radius 1 is 1.29 bits per heavy atom. The summed E-state index contributed by atoms with van der Waals surface area (Å²) in [6, 6.07) is 8.78. The fourth-order valence-electron chi connectivity index (χ4n) is 2.02. The van der Waals surface area contributed by atoms with Gasteiger partial charge in [-0.2, -0.15) is 0 Å². The molecule has 1 unspecified atom stereocenters. The molecule has 2 N–H and O–H groups in total. The van der Waals surface area contributed by atoms with Crippen LogP contribution in [0, 0.1) is 0 Å². The molecule has 0 bridgehead atoms. The highest BCUT2D eigenvalue weighted by molar-refractivity contribution is 5.94. The number of hydrogen-bond acceptors (Lipinski definition) is 5. The summed E-state index contributed by atoms with van der Waals surface area (Å²) in [5.74, 6) is 0.800. The van der Waals surface area contributed by atoms with E-state index in [4.69, 9.17) is 9.47 Å². The lowest BCUT2D eigenvalue weighted by molar-refractivity contribution is 0.0923. The van der Waals surface area contributed by atoms with Crippen LogP contribution in [0.5, 0.6) is 11.5 Å². The highest BCUT2D eigenvalue weighted by atomic mass is 16.5. The standard InChI is InChI=1S/C18H22N2O4/c1-3-23-17-9-15(18(22)20-10-13(2)21)6-7-16(17)24-12-14-5-4-8-19-11-14/h4-9,11,13,21H,3,10,12H2,1-2H3,(H,20,22). The van der Waals surface area contributed by atoms with E-state index in [2.05, 4.69) is 10.3 Å². The van der Waals surface area contributed by atoms with Crippen LogP contribution in [0.1, 0.15) is 29.8 Å². The first-order chi connectivity index (χ1) is 11.6. The maximum absolute atomic E-state index is 12.1. The monoisotopic (exact) mass is 330 g/mol. The SMILES string of the molecule is CCOc1cc(C(=O)NCC(C)O)ccc1OCc1cccnc1. The van der Waals surface area contributed by atoms with Gasteiger partial charge in [-0.05, 0) is 38.1 Å². The minimum absolute atomic E-state index is 0.196. The van der Waals surface area contributed by atoms with Crippen LogP contribution >= 0.6 is 0 Å². The van der Waals surface area contributed by atoms with Gasteiger partial charge in [-0.15, -0.1) is 0 Å². The number of aliphatic hydroxyl groups excluding tert-OH is 1. The molecule has 6 nitrogen and oxygen atoms in total. The van der Waals surface area contributed by atoms with Gasteiger partial charge in [-0.25, -0.2) is 0 Å². The second-order valence-corrected chi connectivity index (χ2v) is 5.30. The Morgan fingerprint density at radius 3 is 2.79 bits per heavy atom. The Morgan fingerprint density at radius 2 is 2.12 bits per heavy atom. The van der Waals surface area contributed by atoms with E-state index in [9.17, 15) is 9.90 Å². The molecule has 0 aliphatic heterocycles. The van der Waals surface area contributed by atoms with Gasteiger partial charge < -0.3 is 19.9 Å². The highest BCUT2D eigenvalue weighted by Gasteiger charge is 2.12. The van der Waals surface area contributed by atoms with Crippen LogP contribution in [0.4, 0.5) is 0 Å². The molecular weight excluding hydrogens is 308 g/mol. The van der Waals surface area contributed by atoms with Crippen molar-refractivity contribution in [2.75, 3.05) is 13.2 Å². The Bertz CT molecular complexity index is 659. The van der Waals surface area contributed by atoms with Crippen LogP contribution in [0.3, 0.4) is 0 Å². The van der Waals surface area contributed by atoms with Gasteiger partial charge in [0.05, 0.1) is 12.7 Å². The van der Waals surface area contributed by atoms with Crippen molar-refractivity contribution in [1.29, 1.82) is 0 Å². The first-order valence-corrected chi connectivity index (χ1v) is 7.85. The van der Waals surface area contributed by atoms with E-state index in [1.54, 1.807) is 37.5 Å². The number of carbonyl (C=O) groups excluding carboxylic acids is 1. The van der Waals surface area contributed by atoms with Gasteiger partial charge in [-0.3, -0.25) is 9.78 Å². The molecule has 1 heterocycles. The number of nitrogens with zero attached hydrogens (tertiary/aromatic N) is 1. The molecule has 0 fully saturated rings. The minimum atomic E-state index is -0.595. The number of rotatable bonds is 8. The first kappa shape index (κ1) is 17.7. The molecule has 1 atom stereocenters. The minimum Gasteiger partial charge on any atom is -0.490 e. The summed E-state index contributed by atoms with van der Waals surface area (Å²) in [7, 11) is 0. The number of nitrogens with one attached hydrogen (secondary N) is 1. The van der Waals surface area contributed by atoms with Crippen molar-refractivity contribution in [1.82, 2.24) is 10.3 Å². The van der Waals surface area contributed by atoms with Crippen molar-refractivity contribution in [3.05, 3.63) is 53.9 Å². The predicted molar refractivity (Wildman–Crippen MR) is 90.2 cm³/mol. The van der Waals surface area contributed by atoms with Crippen molar-refractivity contribution < 1.29 is 19.4 Å². The van der Waals surface area contributed by atoms with Crippen LogP contribution < -0.4 is 14.8 Å². The lowest BCUT2D eigenvalue weighted by Gasteiger charge is -2.14. The van der Waals surface area contributed by atoms with E-state index in [0.29, 0.717) is 30.3 Å². The topological polar surface area (TPSA) is 80.7 Å². The van der Waals surface area contributed by atoms with Crippen molar-refractivity contribution in [3.63, 3.8) is 0 Å². The Hall–Kier alpha value is -2.60. The van der Waals surface area contributed by atoms with Crippen LogP contribution in [0.15, 0.2) is 42.7 Å². The molecule has 0 saturated heterocycles. The second-order valence-electron chi connectivity index (χ2n) is 5.30. The average Bonchev–Trinajstić information content (AvgIpc) is 2.59. The number of hydrogen-bond donors (Lipinski definition) is 2. The summed E-state index contributed by atoms with van der Waals surface area (Å²) in [4.78, 5) is 16.1. The van der Waals surface area contributed by atoms with Crippen LogP contribution in [-0.4, -0.2) is 35.3 Å². The molecule has 128 valence electrons. The van der Waals surface area contributed by atoms with E-state index in [1.807, 2.05) is 19.1 Å². The molecule has 6 heteroatoms. The van der Waals surface area contributed by atoms with Gasteiger partial charge in [0.15, 0.2) is 11.5 Å². The molecule has 1 amide bonds. The zero-order chi connectivity index (χ0) is 17.4.